The molecular formula is C21H31N3O3. The number of carbonyl (C=O) groups is 2. The number of carbonyl (C=O) groups excluding carboxylic acids is 2. The van der Waals surface area contributed by atoms with Gasteiger partial charge in [-0.15, -0.1) is 0 Å². The highest BCUT2D eigenvalue weighted by atomic mass is 16.5. The molecule has 0 bridgehead atoms. The van der Waals surface area contributed by atoms with Gasteiger partial charge in [-0.1, -0.05) is 40.0 Å². The standard InChI is InChI=1S/C21H31N3O3/c1-20(2,3)19(26)24-17-7-11-22-14-16(17)18(25)23-15-8-12-27-21(13-15)9-5-4-6-10-21/h7,11,14-15H,4-6,8-10,12-13H2,1-3H3,(H,23,25)(H,22,24,26). The first kappa shape index (κ1) is 19.8. The van der Waals surface area contributed by atoms with Gasteiger partial charge in [0.05, 0.1) is 16.9 Å². The Morgan fingerprint density at radius 2 is 1.96 bits per heavy atom. The molecule has 2 amide bonds. The molecule has 1 unspecified atom stereocenters. The second-order valence-corrected chi connectivity index (χ2v) is 8.88. The van der Waals surface area contributed by atoms with Gasteiger partial charge in [0, 0.05) is 30.5 Å². The van der Waals surface area contributed by atoms with Gasteiger partial charge in [-0.2, -0.15) is 0 Å². The molecule has 0 aromatic carbocycles. The lowest BCUT2D eigenvalue weighted by Crippen LogP contribution is -2.49. The number of pyridine rings is 1. The number of nitrogens with one attached hydrogen (secondary N) is 2. The van der Waals surface area contributed by atoms with Crippen molar-refractivity contribution in [2.75, 3.05) is 11.9 Å². The molecule has 1 saturated heterocycles. The van der Waals surface area contributed by atoms with Crippen LogP contribution in [0.25, 0.3) is 0 Å². The normalized spacial score (nSPS) is 22.3. The predicted octanol–water partition coefficient (Wildman–Crippen LogP) is 3.68. The maximum Gasteiger partial charge on any atom is 0.255 e. The molecule has 27 heavy (non-hydrogen) atoms. The molecule has 2 N–H and O–H groups in total. The first-order valence-electron chi connectivity index (χ1n) is 9.99. The fraction of sp³-hybridized carbons (Fsp3) is 0.667. The van der Waals surface area contributed by atoms with Crippen molar-refractivity contribution in [3.63, 3.8) is 0 Å². The van der Waals surface area contributed by atoms with Gasteiger partial charge in [0.25, 0.3) is 5.91 Å². The molecule has 0 radical (unpaired) electrons. The monoisotopic (exact) mass is 373 g/mol. The van der Waals surface area contributed by atoms with Crippen molar-refractivity contribution < 1.29 is 14.3 Å². The van der Waals surface area contributed by atoms with Crippen LogP contribution in [0.2, 0.25) is 0 Å². The van der Waals surface area contributed by atoms with E-state index in [0.29, 0.717) is 17.9 Å². The van der Waals surface area contributed by atoms with E-state index in [4.69, 9.17) is 4.74 Å². The Kier molecular flexibility index (Phi) is 5.84. The van der Waals surface area contributed by atoms with E-state index in [9.17, 15) is 9.59 Å². The van der Waals surface area contributed by atoms with E-state index >= 15 is 0 Å². The van der Waals surface area contributed by atoms with Crippen molar-refractivity contribution in [2.45, 2.75) is 77.4 Å². The minimum atomic E-state index is -0.537. The smallest absolute Gasteiger partial charge is 0.255 e. The van der Waals surface area contributed by atoms with Gasteiger partial charge in [0.2, 0.25) is 5.91 Å². The summed E-state index contributed by atoms with van der Waals surface area (Å²) in [6.07, 6.45) is 10.6. The predicted molar refractivity (Wildman–Crippen MR) is 105 cm³/mol. The fourth-order valence-electron chi connectivity index (χ4n) is 3.95. The zero-order valence-corrected chi connectivity index (χ0v) is 16.6. The van der Waals surface area contributed by atoms with Crippen LogP contribution < -0.4 is 10.6 Å². The SMILES string of the molecule is CC(C)(C)C(=O)Nc1ccncc1C(=O)NC1CCOC2(CCCCC2)C1. The van der Waals surface area contributed by atoms with Crippen molar-refractivity contribution in [1.82, 2.24) is 10.3 Å². The molecule has 1 aromatic rings. The summed E-state index contributed by atoms with van der Waals surface area (Å²) in [6, 6.07) is 1.77. The fourth-order valence-corrected chi connectivity index (χ4v) is 3.95. The lowest BCUT2D eigenvalue weighted by Gasteiger charge is -2.43. The van der Waals surface area contributed by atoms with Crippen LogP contribution in [-0.4, -0.2) is 35.0 Å². The third kappa shape index (κ3) is 4.86. The molecule has 1 atom stereocenters. The summed E-state index contributed by atoms with van der Waals surface area (Å²) < 4.78 is 6.12. The molecule has 3 rings (SSSR count). The molecule has 1 aliphatic carbocycles. The Labute approximate surface area is 161 Å². The largest absolute Gasteiger partial charge is 0.375 e. The summed E-state index contributed by atoms with van der Waals surface area (Å²) in [5, 5.41) is 6.01. The zero-order chi connectivity index (χ0) is 19.5. The topological polar surface area (TPSA) is 80.3 Å². The van der Waals surface area contributed by atoms with Crippen LogP contribution in [0.5, 0.6) is 0 Å². The van der Waals surface area contributed by atoms with Crippen LogP contribution in [0.15, 0.2) is 18.5 Å². The Bertz CT molecular complexity index is 685. The van der Waals surface area contributed by atoms with E-state index in [-0.39, 0.29) is 23.5 Å². The van der Waals surface area contributed by atoms with Crippen LogP contribution in [0.1, 0.15) is 76.1 Å². The van der Waals surface area contributed by atoms with Gasteiger partial charge in [-0.25, -0.2) is 0 Å². The number of aromatic nitrogens is 1. The third-order valence-corrected chi connectivity index (χ3v) is 5.59. The van der Waals surface area contributed by atoms with E-state index in [1.54, 1.807) is 12.3 Å². The van der Waals surface area contributed by atoms with Crippen LogP contribution in [0, 0.1) is 5.41 Å². The number of amides is 2. The second kappa shape index (κ2) is 7.97. The number of ether oxygens (including phenoxy) is 1. The van der Waals surface area contributed by atoms with Crippen molar-refractivity contribution in [2.24, 2.45) is 5.41 Å². The van der Waals surface area contributed by atoms with Gasteiger partial charge in [0.15, 0.2) is 0 Å². The highest BCUT2D eigenvalue weighted by molar-refractivity contribution is 6.04. The van der Waals surface area contributed by atoms with E-state index in [1.165, 1.54) is 25.5 Å². The van der Waals surface area contributed by atoms with Crippen molar-refractivity contribution >= 4 is 17.5 Å². The van der Waals surface area contributed by atoms with Crippen molar-refractivity contribution in [3.8, 4) is 0 Å². The molecule has 2 heterocycles. The Balaban J connectivity index is 1.68. The van der Waals surface area contributed by atoms with Crippen molar-refractivity contribution in [1.29, 1.82) is 0 Å². The molecule has 2 aliphatic rings. The van der Waals surface area contributed by atoms with E-state index in [1.807, 2.05) is 20.8 Å². The van der Waals surface area contributed by atoms with Gasteiger partial charge in [0.1, 0.15) is 0 Å². The van der Waals surface area contributed by atoms with Crippen LogP contribution in [0.3, 0.4) is 0 Å². The highest BCUT2D eigenvalue weighted by Gasteiger charge is 2.39. The lowest BCUT2D eigenvalue weighted by molar-refractivity contribution is -0.123. The molecule has 1 spiro atoms. The van der Waals surface area contributed by atoms with Crippen molar-refractivity contribution in [3.05, 3.63) is 24.0 Å². The Hall–Kier alpha value is -1.95. The number of hydrogen-bond acceptors (Lipinski definition) is 4. The molecule has 2 fully saturated rings. The number of anilines is 1. The molecule has 1 aromatic heterocycles. The highest BCUT2D eigenvalue weighted by Crippen LogP contribution is 2.38. The summed E-state index contributed by atoms with van der Waals surface area (Å²) in [7, 11) is 0. The number of hydrogen-bond donors (Lipinski definition) is 2. The molecule has 1 saturated carbocycles. The first-order valence-corrected chi connectivity index (χ1v) is 9.99. The van der Waals surface area contributed by atoms with Crippen LogP contribution >= 0.6 is 0 Å². The molecule has 148 valence electrons. The van der Waals surface area contributed by atoms with Gasteiger partial charge >= 0.3 is 0 Å². The summed E-state index contributed by atoms with van der Waals surface area (Å²) in [5.41, 5.74) is 0.304. The average molecular weight is 373 g/mol. The molecule has 6 heteroatoms. The average Bonchev–Trinajstić information content (AvgIpc) is 2.62. The van der Waals surface area contributed by atoms with Gasteiger partial charge < -0.3 is 15.4 Å². The summed E-state index contributed by atoms with van der Waals surface area (Å²) >= 11 is 0. The zero-order valence-electron chi connectivity index (χ0n) is 16.6. The van der Waals surface area contributed by atoms with E-state index in [2.05, 4.69) is 15.6 Å². The maximum absolute atomic E-state index is 12.9. The summed E-state index contributed by atoms with van der Waals surface area (Å²) in [4.78, 5) is 29.3. The molecule has 6 nitrogen and oxygen atoms in total. The van der Waals surface area contributed by atoms with Crippen LogP contribution in [0.4, 0.5) is 5.69 Å². The number of nitrogens with zero attached hydrogens (tertiary/aromatic N) is 1. The minimum absolute atomic E-state index is 0.0628. The summed E-state index contributed by atoms with van der Waals surface area (Å²) in [5.74, 6) is -0.319. The Morgan fingerprint density at radius 1 is 1.22 bits per heavy atom. The minimum Gasteiger partial charge on any atom is -0.375 e. The maximum atomic E-state index is 12.9. The van der Waals surface area contributed by atoms with Crippen LogP contribution in [-0.2, 0) is 9.53 Å². The molecular weight excluding hydrogens is 342 g/mol. The summed E-state index contributed by atoms with van der Waals surface area (Å²) in [6.45, 7) is 6.21. The van der Waals surface area contributed by atoms with Gasteiger partial charge in [-0.05, 0) is 31.7 Å². The Morgan fingerprint density at radius 3 is 2.67 bits per heavy atom. The lowest BCUT2D eigenvalue weighted by atomic mass is 9.78. The van der Waals surface area contributed by atoms with E-state index < -0.39 is 5.41 Å². The molecule has 1 aliphatic heterocycles. The quantitative estimate of drug-likeness (QED) is 0.847. The first-order chi connectivity index (χ1) is 12.8. The van der Waals surface area contributed by atoms with Gasteiger partial charge in [-0.3, -0.25) is 14.6 Å². The van der Waals surface area contributed by atoms with E-state index in [0.717, 1.165) is 25.7 Å². The number of rotatable bonds is 3. The second-order valence-electron chi connectivity index (χ2n) is 8.88. The third-order valence-electron chi connectivity index (χ3n) is 5.59.